The molecule has 0 radical (unpaired) electrons. The summed E-state index contributed by atoms with van der Waals surface area (Å²) in [5.41, 5.74) is 0.630. The SMILES string of the molecule is COC(=O)C1=C(C)C[S@](=O)[C@@H]2[C@H](NC(=O)COc3ccccc3)C(=O)N12. The van der Waals surface area contributed by atoms with Crippen molar-refractivity contribution in [1.29, 1.82) is 0 Å². The van der Waals surface area contributed by atoms with Crippen LogP contribution in [0.3, 0.4) is 0 Å². The Labute approximate surface area is 152 Å². The minimum atomic E-state index is -1.42. The molecule has 0 aliphatic carbocycles. The van der Waals surface area contributed by atoms with Gasteiger partial charge < -0.3 is 14.8 Å². The zero-order chi connectivity index (χ0) is 18.8. The summed E-state index contributed by atoms with van der Waals surface area (Å²) in [6.45, 7) is 1.36. The first-order chi connectivity index (χ1) is 12.4. The summed E-state index contributed by atoms with van der Waals surface area (Å²) < 4.78 is 22.4. The smallest absolute Gasteiger partial charge is 0.354 e. The second kappa shape index (κ2) is 7.28. The van der Waals surface area contributed by atoms with Crippen LogP contribution in [-0.4, -0.2) is 57.8 Å². The number of fused-ring (bicyclic) bond motifs is 1. The van der Waals surface area contributed by atoms with Crippen molar-refractivity contribution in [2.45, 2.75) is 18.3 Å². The van der Waals surface area contributed by atoms with Gasteiger partial charge in [-0.1, -0.05) is 18.2 Å². The molecule has 138 valence electrons. The predicted octanol–water partition coefficient (Wildman–Crippen LogP) is -0.0722. The van der Waals surface area contributed by atoms with Crippen LogP contribution < -0.4 is 10.1 Å². The van der Waals surface area contributed by atoms with E-state index in [1.165, 1.54) is 7.11 Å². The molecule has 3 rings (SSSR count). The van der Waals surface area contributed by atoms with E-state index in [1.54, 1.807) is 31.2 Å². The molecule has 3 atom stereocenters. The molecule has 0 spiro atoms. The number of para-hydroxylation sites is 1. The van der Waals surface area contributed by atoms with Gasteiger partial charge in [0, 0.05) is 5.75 Å². The predicted molar refractivity (Wildman–Crippen MR) is 92.2 cm³/mol. The Morgan fingerprint density at radius 3 is 2.65 bits per heavy atom. The lowest BCUT2D eigenvalue weighted by atomic mass is 10.0. The fourth-order valence-corrected chi connectivity index (χ4v) is 4.59. The molecular formula is C17H18N2O6S. The first kappa shape index (κ1) is 18.1. The number of hydrogen-bond acceptors (Lipinski definition) is 6. The van der Waals surface area contributed by atoms with Crippen molar-refractivity contribution in [2.75, 3.05) is 19.5 Å². The molecule has 9 heteroatoms. The Hall–Kier alpha value is -2.68. The minimum Gasteiger partial charge on any atom is -0.484 e. The molecule has 0 saturated carbocycles. The Morgan fingerprint density at radius 1 is 1.31 bits per heavy atom. The van der Waals surface area contributed by atoms with Crippen LogP contribution in [0.1, 0.15) is 6.92 Å². The molecule has 0 unspecified atom stereocenters. The van der Waals surface area contributed by atoms with Gasteiger partial charge in [-0.05, 0) is 24.6 Å². The topological polar surface area (TPSA) is 102 Å². The number of β-lactam (4-membered cyclic amide) rings is 1. The molecule has 1 saturated heterocycles. The number of benzene rings is 1. The third kappa shape index (κ3) is 3.22. The van der Waals surface area contributed by atoms with Gasteiger partial charge in [0.2, 0.25) is 0 Å². The van der Waals surface area contributed by atoms with E-state index in [4.69, 9.17) is 9.47 Å². The zero-order valence-corrected chi connectivity index (χ0v) is 15.1. The number of ether oxygens (including phenoxy) is 2. The van der Waals surface area contributed by atoms with Gasteiger partial charge in [0.05, 0.1) is 17.9 Å². The number of carbonyl (C=O) groups is 3. The van der Waals surface area contributed by atoms with Gasteiger partial charge >= 0.3 is 5.97 Å². The van der Waals surface area contributed by atoms with Crippen molar-refractivity contribution < 1.29 is 28.1 Å². The molecule has 1 N–H and O–H groups in total. The van der Waals surface area contributed by atoms with Crippen molar-refractivity contribution in [3.8, 4) is 5.75 Å². The number of rotatable bonds is 5. The molecule has 1 aromatic carbocycles. The van der Waals surface area contributed by atoms with E-state index in [0.717, 1.165) is 4.90 Å². The fourth-order valence-electron chi connectivity index (χ4n) is 2.93. The number of methoxy groups -OCH3 is 1. The third-order valence-electron chi connectivity index (χ3n) is 4.12. The maximum absolute atomic E-state index is 12.4. The van der Waals surface area contributed by atoms with Crippen LogP contribution in [0, 0.1) is 0 Å². The monoisotopic (exact) mass is 378 g/mol. The van der Waals surface area contributed by atoms with Crippen LogP contribution in [0.4, 0.5) is 0 Å². The summed E-state index contributed by atoms with van der Waals surface area (Å²) in [6, 6.07) is 7.83. The Kier molecular flexibility index (Phi) is 5.08. The maximum atomic E-state index is 12.4. The lowest BCUT2D eigenvalue weighted by molar-refractivity contribution is -0.152. The van der Waals surface area contributed by atoms with Gasteiger partial charge in [-0.2, -0.15) is 0 Å². The molecule has 1 aromatic rings. The summed E-state index contributed by atoms with van der Waals surface area (Å²) >= 11 is 0. The van der Waals surface area contributed by atoms with Gasteiger partial charge in [0.25, 0.3) is 11.8 Å². The van der Waals surface area contributed by atoms with Crippen LogP contribution >= 0.6 is 0 Å². The van der Waals surface area contributed by atoms with Gasteiger partial charge in [0.1, 0.15) is 22.9 Å². The number of nitrogens with one attached hydrogen (secondary N) is 1. The highest BCUT2D eigenvalue weighted by molar-refractivity contribution is 7.86. The number of amides is 2. The van der Waals surface area contributed by atoms with E-state index in [1.807, 2.05) is 6.07 Å². The Morgan fingerprint density at radius 2 is 2.00 bits per heavy atom. The van der Waals surface area contributed by atoms with Crippen LogP contribution in [0.5, 0.6) is 5.75 Å². The van der Waals surface area contributed by atoms with Gasteiger partial charge in [-0.25, -0.2) is 4.79 Å². The molecule has 2 aliphatic heterocycles. The van der Waals surface area contributed by atoms with Gasteiger partial charge in [-0.15, -0.1) is 0 Å². The van der Waals surface area contributed by atoms with Gasteiger partial charge in [-0.3, -0.25) is 18.7 Å². The first-order valence-corrected chi connectivity index (χ1v) is 9.27. The molecule has 8 nitrogen and oxygen atoms in total. The first-order valence-electron chi connectivity index (χ1n) is 7.89. The second-order valence-corrected chi connectivity index (χ2v) is 7.42. The molecule has 0 bridgehead atoms. The second-order valence-electron chi connectivity index (χ2n) is 5.89. The molecular weight excluding hydrogens is 360 g/mol. The summed E-state index contributed by atoms with van der Waals surface area (Å²) in [6.07, 6.45) is 0. The molecule has 2 heterocycles. The van der Waals surface area contributed by atoms with Crippen molar-refractivity contribution in [1.82, 2.24) is 10.2 Å². The molecule has 26 heavy (non-hydrogen) atoms. The van der Waals surface area contributed by atoms with E-state index in [-0.39, 0.29) is 18.1 Å². The quantitative estimate of drug-likeness (QED) is 0.568. The van der Waals surface area contributed by atoms with Gasteiger partial charge in [0.15, 0.2) is 6.61 Å². The van der Waals surface area contributed by atoms with Crippen LogP contribution in [0.2, 0.25) is 0 Å². The normalized spacial score (nSPS) is 24.5. The average Bonchev–Trinajstić information content (AvgIpc) is 2.64. The van der Waals surface area contributed by atoms with E-state index < -0.39 is 40.0 Å². The molecule has 2 amide bonds. The number of hydrogen-bond donors (Lipinski definition) is 1. The van der Waals surface area contributed by atoms with E-state index in [2.05, 4.69) is 5.32 Å². The Balaban J connectivity index is 1.66. The number of esters is 1. The fraction of sp³-hybridized carbons (Fsp3) is 0.353. The van der Waals surface area contributed by atoms with Crippen molar-refractivity contribution in [3.63, 3.8) is 0 Å². The number of carbonyl (C=O) groups excluding carboxylic acids is 3. The van der Waals surface area contributed by atoms with Crippen LogP contribution in [0.15, 0.2) is 41.6 Å². The van der Waals surface area contributed by atoms with E-state index >= 15 is 0 Å². The van der Waals surface area contributed by atoms with Crippen LogP contribution in [0.25, 0.3) is 0 Å². The minimum absolute atomic E-state index is 0.105. The van der Waals surface area contributed by atoms with Crippen molar-refractivity contribution >= 4 is 28.6 Å². The molecule has 2 aliphatic rings. The largest absolute Gasteiger partial charge is 0.484 e. The third-order valence-corrected chi connectivity index (χ3v) is 5.86. The van der Waals surface area contributed by atoms with Crippen molar-refractivity contribution in [2.24, 2.45) is 0 Å². The summed E-state index contributed by atoms with van der Waals surface area (Å²) in [5, 5.41) is 1.76. The van der Waals surface area contributed by atoms with Crippen LogP contribution in [-0.2, 0) is 29.9 Å². The highest BCUT2D eigenvalue weighted by Gasteiger charge is 2.56. The highest BCUT2D eigenvalue weighted by atomic mass is 32.2. The number of nitrogens with zero attached hydrogens (tertiary/aromatic N) is 1. The average molecular weight is 378 g/mol. The lowest BCUT2D eigenvalue weighted by Gasteiger charge is -2.49. The standard InChI is InChI=1S/C17H18N2O6S/c1-10-9-26(23)16-13(15(21)19(16)14(10)17(22)24-2)18-12(20)8-25-11-6-4-3-5-7-11/h3-7,13,16H,8-9H2,1-2H3,(H,18,20)/t13-,16-,26+/m1/s1. The summed E-state index contributed by atoms with van der Waals surface area (Å²) in [5.74, 6) is -0.983. The van der Waals surface area contributed by atoms with E-state index in [0.29, 0.717) is 11.3 Å². The van der Waals surface area contributed by atoms with Crippen molar-refractivity contribution in [3.05, 3.63) is 41.6 Å². The summed E-state index contributed by atoms with van der Waals surface area (Å²) in [4.78, 5) is 37.6. The Bertz CT molecular complexity index is 807. The lowest BCUT2D eigenvalue weighted by Crippen LogP contribution is -2.73. The zero-order valence-electron chi connectivity index (χ0n) is 14.3. The highest BCUT2D eigenvalue weighted by Crippen LogP contribution is 2.35. The summed E-state index contributed by atoms with van der Waals surface area (Å²) in [7, 11) is -0.205. The molecule has 1 fully saturated rings. The molecule has 0 aromatic heterocycles. The van der Waals surface area contributed by atoms with E-state index in [9.17, 15) is 18.6 Å². The maximum Gasteiger partial charge on any atom is 0.354 e.